The van der Waals surface area contributed by atoms with Crippen LogP contribution < -0.4 is 0 Å². The Morgan fingerprint density at radius 3 is 1.19 bits per heavy atom. The molecule has 0 bridgehead atoms. The summed E-state index contributed by atoms with van der Waals surface area (Å²) in [5, 5.41) is 16.7. The van der Waals surface area contributed by atoms with Crippen molar-refractivity contribution in [1.29, 1.82) is 0 Å². The number of hydrogen-bond acceptors (Lipinski definition) is 4. The number of para-hydroxylation sites is 7. The van der Waals surface area contributed by atoms with Gasteiger partial charge in [0.25, 0.3) is 0 Å². The number of imidazole rings is 2. The molecule has 11 nitrogen and oxygen atoms in total. The number of benzene rings is 11. The van der Waals surface area contributed by atoms with Crippen molar-refractivity contribution in [3.05, 3.63) is 308 Å². The molecule has 0 saturated heterocycles. The van der Waals surface area contributed by atoms with Gasteiger partial charge in [0.1, 0.15) is 5.65 Å². The van der Waals surface area contributed by atoms with Crippen LogP contribution in [0.15, 0.2) is 262 Å². The van der Waals surface area contributed by atoms with E-state index in [1.54, 1.807) is 0 Å². The van der Waals surface area contributed by atoms with E-state index in [1.165, 1.54) is 49.5 Å². The number of fused-ring (bicyclic) bond motifs is 14. The van der Waals surface area contributed by atoms with Gasteiger partial charge < -0.3 is 18.3 Å². The van der Waals surface area contributed by atoms with Gasteiger partial charge in [-0.3, -0.25) is 13.8 Å². The molecule has 0 aliphatic heterocycles. The van der Waals surface area contributed by atoms with Crippen LogP contribution in [0, 0.1) is 24.3 Å². The van der Waals surface area contributed by atoms with Gasteiger partial charge in [-0.1, -0.05) is 204 Å². The van der Waals surface area contributed by atoms with Crippen LogP contribution in [0.3, 0.4) is 0 Å². The number of nitrogens with zero attached hydrogens (tertiary/aromatic N) is 11. The first-order valence-electron chi connectivity index (χ1n) is 35.0. The average Bonchev–Trinajstić information content (AvgIpc) is 1.56. The van der Waals surface area contributed by atoms with E-state index in [2.05, 4.69) is 333 Å². The third kappa shape index (κ3) is 11.1. The van der Waals surface area contributed by atoms with Crippen LogP contribution in [0.5, 0.6) is 0 Å². The molecule has 506 valence electrons. The number of rotatable bonds is 12. The summed E-state index contributed by atoms with van der Waals surface area (Å²) >= 11 is 0. The molecule has 0 aliphatic rings. The standard InChI is InChI=1S/C46H36N6.C44H35N5.2Pt/c1-29(2)35-16-12-17-36(30(3)4)45(35)31-27-47-49(28-31)32-13-11-14-33(25-32)50-40-19-7-5-15-37(40)38-24-23-34(26-44(38)50)51-42-21-9-10-22-43(42)52-41-20-8-6-18-39(41)48-46(51)52;1-28(2)34-16-10-17-35(29(3)4)43(34)30-26-46-47(27-30)31-12-9-13-32(24-31)48-40-19-7-5-14-36(40)38-22-21-33(25-42(38)48)49-41-20-8-6-15-37(41)39-18-11-23-45-44(39)49;;/h5-24,27-30H,1-4H3;5-23,26-29H,1-4H3;;/q2*-2;2*+2. The fraction of sp³-hybridized carbons (Fsp3) is 0.133. The maximum absolute atomic E-state index is 5.11. The first kappa shape index (κ1) is 66.6. The molecular weight excluding hydrogens is 1630 g/mol. The largest absolute Gasteiger partial charge is 2.00 e. The molecular formula is C90H71N11Pt2. The first-order valence-corrected chi connectivity index (χ1v) is 35.0. The molecule has 11 aromatic carbocycles. The summed E-state index contributed by atoms with van der Waals surface area (Å²) < 4.78 is 15.1. The number of pyridine rings is 1. The molecule has 8 heterocycles. The van der Waals surface area contributed by atoms with E-state index < -0.39 is 0 Å². The van der Waals surface area contributed by atoms with E-state index in [0.29, 0.717) is 23.7 Å². The van der Waals surface area contributed by atoms with Gasteiger partial charge in [0.05, 0.1) is 40.0 Å². The fourth-order valence-electron chi connectivity index (χ4n) is 15.5. The maximum Gasteiger partial charge on any atom is 2.00 e. The van der Waals surface area contributed by atoms with Crippen molar-refractivity contribution in [1.82, 2.24) is 52.2 Å². The second-order valence-electron chi connectivity index (χ2n) is 27.6. The number of aromatic nitrogens is 11. The van der Waals surface area contributed by atoms with Crippen LogP contribution in [-0.2, 0) is 42.1 Å². The van der Waals surface area contributed by atoms with Crippen molar-refractivity contribution in [3.8, 4) is 56.4 Å². The Morgan fingerprint density at radius 2 is 0.699 bits per heavy atom. The van der Waals surface area contributed by atoms with E-state index in [1.807, 2.05) is 40.1 Å². The van der Waals surface area contributed by atoms with Gasteiger partial charge >= 0.3 is 42.1 Å². The summed E-state index contributed by atoms with van der Waals surface area (Å²) in [6.45, 7) is 18.1. The molecule has 0 unspecified atom stereocenters. The molecule has 0 spiro atoms. The molecule has 0 atom stereocenters. The van der Waals surface area contributed by atoms with Crippen LogP contribution >= 0.6 is 0 Å². The predicted molar refractivity (Wildman–Crippen MR) is 414 cm³/mol. The monoisotopic (exact) mass is 1700 g/mol. The van der Waals surface area contributed by atoms with Crippen molar-refractivity contribution in [2.75, 3.05) is 0 Å². The van der Waals surface area contributed by atoms with E-state index in [-0.39, 0.29) is 42.1 Å². The van der Waals surface area contributed by atoms with Gasteiger partial charge in [-0.05, 0) is 134 Å². The molecule has 19 aromatic rings. The Labute approximate surface area is 626 Å². The van der Waals surface area contributed by atoms with Gasteiger partial charge in [-0.2, -0.15) is 34.5 Å². The third-order valence-corrected chi connectivity index (χ3v) is 20.2. The van der Waals surface area contributed by atoms with E-state index in [0.717, 1.165) is 122 Å². The molecule has 8 aromatic heterocycles. The summed E-state index contributed by atoms with van der Waals surface area (Å²) in [5.74, 6) is 2.47. The minimum atomic E-state index is 0. The molecule has 13 heteroatoms. The quantitative estimate of drug-likeness (QED) is 0.114. The van der Waals surface area contributed by atoms with Gasteiger partial charge in [0.2, 0.25) is 5.78 Å². The molecule has 0 aliphatic carbocycles. The third-order valence-electron chi connectivity index (χ3n) is 20.2. The van der Waals surface area contributed by atoms with Gasteiger partial charge in [0.15, 0.2) is 0 Å². The molecule has 0 radical (unpaired) electrons. The van der Waals surface area contributed by atoms with Crippen LogP contribution in [0.25, 0.3) is 150 Å². The molecule has 0 amide bonds. The van der Waals surface area contributed by atoms with Crippen LogP contribution in [-0.4, -0.2) is 52.2 Å². The SMILES string of the molecule is CC(C)c1cccc(C(C)C)c1-c1cnn(-c2[c-]c(-n3c4[c-]c(-n5c6ccccc6c6cccnc65)ccc4c4ccccc43)ccc2)c1.CC(C)c1cccc(C(C)C)c1-c1cnn(-c2[c-]c(-n3c4[c-]c(-n5c6ccccc6n6c7ccccc7nc56)ccc4c4ccccc43)ccc2)c1.[Pt+2].[Pt+2]. The minimum Gasteiger partial charge on any atom is -0.358 e. The summed E-state index contributed by atoms with van der Waals surface area (Å²) in [5.41, 5.74) is 26.1. The summed E-state index contributed by atoms with van der Waals surface area (Å²) in [6.07, 6.45) is 10.1. The topological polar surface area (TPSA) is 85.5 Å². The van der Waals surface area contributed by atoms with Crippen LogP contribution in [0.2, 0.25) is 0 Å². The van der Waals surface area contributed by atoms with Gasteiger partial charge in [-0.25, -0.2) is 9.97 Å². The zero-order chi connectivity index (χ0) is 68.3. The second-order valence-corrected chi connectivity index (χ2v) is 27.6. The number of hydrogen-bond donors (Lipinski definition) is 0. The van der Waals surface area contributed by atoms with Crippen molar-refractivity contribution in [2.45, 2.75) is 79.1 Å². The molecule has 0 N–H and O–H groups in total. The van der Waals surface area contributed by atoms with Crippen molar-refractivity contribution in [3.63, 3.8) is 0 Å². The zero-order valence-electron chi connectivity index (χ0n) is 58.2. The van der Waals surface area contributed by atoms with Crippen molar-refractivity contribution in [2.24, 2.45) is 0 Å². The summed E-state index contributed by atoms with van der Waals surface area (Å²) in [4.78, 5) is 9.93. The van der Waals surface area contributed by atoms with Gasteiger partial charge in [0, 0.05) is 51.5 Å². The van der Waals surface area contributed by atoms with E-state index >= 15 is 0 Å². The van der Waals surface area contributed by atoms with E-state index in [9.17, 15) is 0 Å². The zero-order valence-corrected chi connectivity index (χ0v) is 62.7. The fourth-order valence-corrected chi connectivity index (χ4v) is 15.5. The Hall–Kier alpha value is -11.0. The normalized spacial score (nSPS) is 11.9. The van der Waals surface area contributed by atoms with Crippen molar-refractivity contribution < 1.29 is 42.1 Å². The maximum atomic E-state index is 5.11. The predicted octanol–water partition coefficient (Wildman–Crippen LogP) is 22.2. The van der Waals surface area contributed by atoms with Crippen LogP contribution in [0.1, 0.15) is 101 Å². The van der Waals surface area contributed by atoms with Crippen LogP contribution in [0.4, 0.5) is 0 Å². The summed E-state index contributed by atoms with van der Waals surface area (Å²) in [7, 11) is 0. The average molecular weight is 1700 g/mol. The van der Waals surface area contributed by atoms with Gasteiger partial charge in [-0.15, -0.1) is 71.4 Å². The molecule has 19 rings (SSSR count). The second kappa shape index (κ2) is 26.8. The van der Waals surface area contributed by atoms with E-state index in [4.69, 9.17) is 20.2 Å². The Balaban J connectivity index is 0.000000156. The molecule has 0 saturated carbocycles. The first-order chi connectivity index (χ1) is 49.4. The minimum absolute atomic E-state index is 0. The molecule has 103 heavy (non-hydrogen) atoms. The Kier molecular flexibility index (Phi) is 17.3. The smallest absolute Gasteiger partial charge is 0.358 e. The summed E-state index contributed by atoms with van der Waals surface area (Å²) in [6, 6.07) is 96.4. The Morgan fingerprint density at radius 1 is 0.311 bits per heavy atom. The van der Waals surface area contributed by atoms with Crippen molar-refractivity contribution >= 4 is 93.4 Å². The molecule has 0 fully saturated rings. The Bertz CT molecular complexity index is 6350.